The van der Waals surface area contributed by atoms with Crippen molar-refractivity contribution in [2.24, 2.45) is 0 Å². The normalized spacial score (nSPS) is 22.2. The third-order valence-corrected chi connectivity index (χ3v) is 4.81. The summed E-state index contributed by atoms with van der Waals surface area (Å²) in [4.78, 5) is 30.1. The number of nitrogens with zero attached hydrogens (tertiary/aromatic N) is 3. The number of carbonyl (C=O) groups excluding carboxylic acids is 2. The largest absolute Gasteiger partial charge is 0.369 e. The zero-order chi connectivity index (χ0) is 17.1. The number of piperazine rings is 1. The Hall–Kier alpha value is -1.79. The van der Waals surface area contributed by atoms with Gasteiger partial charge in [0.15, 0.2) is 0 Å². The zero-order valence-electron chi connectivity index (χ0n) is 13.9. The van der Waals surface area contributed by atoms with Crippen LogP contribution in [0.2, 0.25) is 5.02 Å². The fourth-order valence-electron chi connectivity index (χ4n) is 3.22. The first kappa shape index (κ1) is 17.0. The lowest BCUT2D eigenvalue weighted by molar-refractivity contribution is -0.129. The molecule has 0 spiro atoms. The Kier molecular flexibility index (Phi) is 5.26. The van der Waals surface area contributed by atoms with Gasteiger partial charge in [0.05, 0.1) is 6.67 Å². The number of nitrogens with one attached hydrogen (secondary N) is 1. The predicted molar refractivity (Wildman–Crippen MR) is 94.2 cm³/mol. The molecule has 24 heavy (non-hydrogen) atoms. The Labute approximate surface area is 147 Å². The molecule has 2 saturated heterocycles. The van der Waals surface area contributed by atoms with Crippen molar-refractivity contribution in [2.45, 2.75) is 25.8 Å². The van der Waals surface area contributed by atoms with Crippen molar-refractivity contribution in [2.75, 3.05) is 37.7 Å². The Bertz CT molecular complexity index is 616. The average Bonchev–Trinajstić information content (AvgIpc) is 2.83. The molecule has 1 aromatic rings. The van der Waals surface area contributed by atoms with Gasteiger partial charge in [-0.2, -0.15) is 0 Å². The monoisotopic (exact) mass is 350 g/mol. The molecule has 0 aliphatic carbocycles. The van der Waals surface area contributed by atoms with E-state index < -0.39 is 0 Å². The van der Waals surface area contributed by atoms with Crippen LogP contribution in [0.4, 0.5) is 10.5 Å². The number of rotatable bonds is 5. The van der Waals surface area contributed by atoms with Gasteiger partial charge < -0.3 is 10.2 Å². The molecule has 3 rings (SSSR count). The van der Waals surface area contributed by atoms with Gasteiger partial charge in [-0.3, -0.25) is 9.69 Å². The maximum atomic E-state index is 12.3. The predicted octanol–water partition coefficient (Wildman–Crippen LogP) is 2.14. The summed E-state index contributed by atoms with van der Waals surface area (Å²) in [5.41, 5.74) is 1.11. The molecule has 0 radical (unpaired) electrons. The van der Waals surface area contributed by atoms with E-state index in [4.69, 9.17) is 11.6 Å². The molecule has 0 unspecified atom stereocenters. The molecular formula is C17H23ClN4O2. The molecule has 1 atom stereocenters. The lowest BCUT2D eigenvalue weighted by atomic mass is 10.2. The molecule has 3 amide bonds. The van der Waals surface area contributed by atoms with Crippen LogP contribution in [0.5, 0.6) is 0 Å². The summed E-state index contributed by atoms with van der Waals surface area (Å²) >= 11 is 6.05. The Morgan fingerprint density at radius 3 is 2.62 bits per heavy atom. The van der Waals surface area contributed by atoms with Crippen molar-refractivity contribution >= 4 is 29.2 Å². The number of carbonyl (C=O) groups is 2. The van der Waals surface area contributed by atoms with E-state index in [2.05, 4.69) is 15.1 Å². The summed E-state index contributed by atoms with van der Waals surface area (Å²) in [6, 6.07) is 7.21. The molecule has 0 saturated carbocycles. The average molecular weight is 351 g/mol. The number of hydrogen-bond donors (Lipinski definition) is 1. The van der Waals surface area contributed by atoms with Crippen LogP contribution in [0.25, 0.3) is 0 Å². The number of imide groups is 1. The lowest BCUT2D eigenvalue weighted by Gasteiger charge is -2.37. The third-order valence-electron chi connectivity index (χ3n) is 4.57. The fraction of sp³-hybridized carbons (Fsp3) is 0.529. The zero-order valence-corrected chi connectivity index (χ0v) is 14.6. The molecule has 2 fully saturated rings. The number of hydrogen-bond acceptors (Lipinski definition) is 4. The second-order valence-electron chi connectivity index (χ2n) is 6.28. The van der Waals surface area contributed by atoms with E-state index in [0.717, 1.165) is 43.3 Å². The topological polar surface area (TPSA) is 55.9 Å². The van der Waals surface area contributed by atoms with Crippen LogP contribution in [-0.4, -0.2) is 60.6 Å². The molecule has 1 aromatic carbocycles. The van der Waals surface area contributed by atoms with Gasteiger partial charge in [-0.05, 0) is 24.6 Å². The molecule has 1 N–H and O–H groups in total. The summed E-state index contributed by atoms with van der Waals surface area (Å²) in [7, 11) is 0. The molecule has 2 aliphatic heterocycles. The van der Waals surface area contributed by atoms with E-state index in [1.165, 1.54) is 4.90 Å². The summed E-state index contributed by atoms with van der Waals surface area (Å²) in [5.74, 6) is -0.0980. The van der Waals surface area contributed by atoms with Crippen molar-refractivity contribution in [1.82, 2.24) is 15.1 Å². The van der Waals surface area contributed by atoms with E-state index >= 15 is 0 Å². The van der Waals surface area contributed by atoms with Crippen LogP contribution < -0.4 is 10.2 Å². The van der Waals surface area contributed by atoms with Crippen LogP contribution in [0.1, 0.15) is 19.8 Å². The van der Waals surface area contributed by atoms with E-state index in [1.807, 2.05) is 31.2 Å². The highest BCUT2D eigenvalue weighted by Crippen LogP contribution is 2.21. The molecule has 7 heteroatoms. The minimum Gasteiger partial charge on any atom is -0.369 e. The van der Waals surface area contributed by atoms with Gasteiger partial charge in [0.2, 0.25) is 0 Å². The van der Waals surface area contributed by atoms with Gasteiger partial charge in [-0.1, -0.05) is 31.0 Å². The van der Waals surface area contributed by atoms with Crippen LogP contribution in [0.15, 0.2) is 24.3 Å². The highest BCUT2D eigenvalue weighted by molar-refractivity contribution is 6.30. The first-order chi connectivity index (χ1) is 11.6. The van der Waals surface area contributed by atoms with Gasteiger partial charge in [0.25, 0.3) is 5.91 Å². The van der Waals surface area contributed by atoms with Gasteiger partial charge in [0, 0.05) is 36.9 Å². The summed E-state index contributed by atoms with van der Waals surface area (Å²) < 4.78 is 0. The molecule has 2 heterocycles. The van der Waals surface area contributed by atoms with Crippen molar-refractivity contribution < 1.29 is 9.59 Å². The van der Waals surface area contributed by atoms with Gasteiger partial charge in [0.1, 0.15) is 6.04 Å². The van der Waals surface area contributed by atoms with Crippen LogP contribution >= 0.6 is 11.6 Å². The van der Waals surface area contributed by atoms with Gasteiger partial charge in [-0.25, -0.2) is 9.69 Å². The van der Waals surface area contributed by atoms with Gasteiger partial charge in [-0.15, -0.1) is 0 Å². The molecular weight excluding hydrogens is 328 g/mol. The molecule has 2 aliphatic rings. The van der Waals surface area contributed by atoms with E-state index in [1.54, 1.807) is 0 Å². The standard InChI is InChI=1S/C17H23ClN4O2/c1-2-4-15-16(23)22(17(24)19-15)12-20-7-9-21(10-8-20)14-6-3-5-13(18)11-14/h3,5-6,11,15H,2,4,7-10,12H2,1H3,(H,19,24)/t15-/m0/s1. The van der Waals surface area contributed by atoms with Crippen molar-refractivity contribution in [3.05, 3.63) is 29.3 Å². The second kappa shape index (κ2) is 7.40. The molecule has 6 nitrogen and oxygen atoms in total. The van der Waals surface area contributed by atoms with E-state index in [0.29, 0.717) is 13.1 Å². The second-order valence-corrected chi connectivity index (χ2v) is 6.72. The van der Waals surface area contributed by atoms with Crippen molar-refractivity contribution in [3.8, 4) is 0 Å². The number of amides is 3. The van der Waals surface area contributed by atoms with Crippen molar-refractivity contribution in [1.29, 1.82) is 0 Å². The van der Waals surface area contributed by atoms with Gasteiger partial charge >= 0.3 is 6.03 Å². The Morgan fingerprint density at radius 1 is 1.21 bits per heavy atom. The molecule has 130 valence electrons. The summed E-state index contributed by atoms with van der Waals surface area (Å²) in [5, 5.41) is 3.50. The summed E-state index contributed by atoms with van der Waals surface area (Å²) in [6.45, 7) is 5.69. The van der Waals surface area contributed by atoms with Crippen LogP contribution in [0, 0.1) is 0 Å². The first-order valence-corrected chi connectivity index (χ1v) is 8.81. The van der Waals surface area contributed by atoms with Crippen LogP contribution in [0.3, 0.4) is 0 Å². The molecule has 0 aromatic heterocycles. The highest BCUT2D eigenvalue weighted by atomic mass is 35.5. The quantitative estimate of drug-likeness (QED) is 0.827. The molecule has 0 bridgehead atoms. The Balaban J connectivity index is 1.54. The minimum atomic E-state index is -0.352. The minimum absolute atomic E-state index is 0.0980. The fourth-order valence-corrected chi connectivity index (χ4v) is 3.40. The third kappa shape index (κ3) is 3.65. The van der Waals surface area contributed by atoms with E-state index in [9.17, 15) is 9.59 Å². The SMILES string of the molecule is CCC[C@@H]1NC(=O)N(CN2CCN(c3cccc(Cl)c3)CC2)C1=O. The highest BCUT2D eigenvalue weighted by Gasteiger charge is 2.38. The number of benzene rings is 1. The first-order valence-electron chi connectivity index (χ1n) is 8.43. The lowest BCUT2D eigenvalue weighted by Crippen LogP contribution is -2.51. The van der Waals surface area contributed by atoms with Crippen molar-refractivity contribution in [3.63, 3.8) is 0 Å². The number of anilines is 1. The van der Waals surface area contributed by atoms with Crippen LogP contribution in [-0.2, 0) is 4.79 Å². The van der Waals surface area contributed by atoms with E-state index in [-0.39, 0.29) is 18.0 Å². The number of halogens is 1. The number of urea groups is 1. The Morgan fingerprint density at radius 2 is 1.96 bits per heavy atom. The summed E-state index contributed by atoms with van der Waals surface area (Å²) in [6.07, 6.45) is 1.58. The maximum Gasteiger partial charge on any atom is 0.325 e. The smallest absolute Gasteiger partial charge is 0.325 e. The maximum absolute atomic E-state index is 12.3.